The molecule has 0 unspecified atom stereocenters. The molecule has 0 fully saturated rings. The van der Waals surface area contributed by atoms with E-state index < -0.39 is 0 Å². The van der Waals surface area contributed by atoms with E-state index in [-0.39, 0.29) is 11.9 Å². The highest BCUT2D eigenvalue weighted by Crippen LogP contribution is 2.14. The number of nitrogens with one attached hydrogen (secondary N) is 2. The van der Waals surface area contributed by atoms with E-state index in [1.165, 1.54) is 0 Å². The lowest BCUT2D eigenvalue weighted by Crippen LogP contribution is -2.30. The average molecular weight is 255 g/mol. The van der Waals surface area contributed by atoms with Crippen molar-refractivity contribution in [3.05, 3.63) is 54.4 Å². The number of hydrogen-bond acceptors (Lipinski definition) is 3. The molecule has 19 heavy (non-hydrogen) atoms. The zero-order valence-corrected chi connectivity index (χ0v) is 11.1. The Morgan fingerprint density at radius 2 is 1.79 bits per heavy atom. The van der Waals surface area contributed by atoms with Crippen molar-refractivity contribution >= 4 is 17.3 Å². The lowest BCUT2D eigenvalue weighted by atomic mass is 10.2. The van der Waals surface area contributed by atoms with E-state index in [4.69, 9.17) is 0 Å². The second-order valence-corrected chi connectivity index (χ2v) is 4.55. The van der Waals surface area contributed by atoms with Crippen molar-refractivity contribution in [2.45, 2.75) is 19.9 Å². The summed E-state index contributed by atoms with van der Waals surface area (Å²) in [4.78, 5) is 15.9. The summed E-state index contributed by atoms with van der Waals surface area (Å²) >= 11 is 0. The van der Waals surface area contributed by atoms with E-state index in [1.807, 2.05) is 50.2 Å². The molecule has 4 heteroatoms. The molecule has 0 aliphatic carbocycles. The predicted molar refractivity (Wildman–Crippen MR) is 76.6 cm³/mol. The van der Waals surface area contributed by atoms with Crippen LogP contribution in [-0.2, 0) is 0 Å². The molecule has 2 N–H and O–H groups in total. The maximum absolute atomic E-state index is 11.7. The molecule has 4 nitrogen and oxygen atoms in total. The summed E-state index contributed by atoms with van der Waals surface area (Å²) < 4.78 is 0. The first kappa shape index (κ1) is 13.1. The average Bonchev–Trinajstić information content (AvgIpc) is 2.40. The Bertz CT molecular complexity index is 535. The van der Waals surface area contributed by atoms with Crippen molar-refractivity contribution in [2.75, 3.05) is 5.32 Å². The van der Waals surface area contributed by atoms with Crippen molar-refractivity contribution < 1.29 is 4.79 Å². The van der Waals surface area contributed by atoms with Crippen LogP contribution in [0.4, 0.5) is 11.4 Å². The second kappa shape index (κ2) is 6.00. The quantitative estimate of drug-likeness (QED) is 0.883. The number of carbonyl (C=O) groups excluding carboxylic acids is 1. The van der Waals surface area contributed by atoms with Crippen LogP contribution in [0.5, 0.6) is 0 Å². The number of pyridine rings is 1. The van der Waals surface area contributed by atoms with Crippen LogP contribution >= 0.6 is 0 Å². The van der Waals surface area contributed by atoms with Gasteiger partial charge in [-0.15, -0.1) is 0 Å². The van der Waals surface area contributed by atoms with Crippen LogP contribution in [-0.4, -0.2) is 16.9 Å². The highest BCUT2D eigenvalue weighted by molar-refractivity contribution is 5.92. The van der Waals surface area contributed by atoms with E-state index in [9.17, 15) is 4.79 Å². The summed E-state index contributed by atoms with van der Waals surface area (Å²) in [6.45, 7) is 3.84. The fourth-order valence-electron chi connectivity index (χ4n) is 1.63. The fourth-order valence-corrected chi connectivity index (χ4v) is 1.63. The molecule has 0 aliphatic heterocycles. The first-order valence-electron chi connectivity index (χ1n) is 6.24. The van der Waals surface area contributed by atoms with Crippen molar-refractivity contribution in [3.63, 3.8) is 0 Å². The van der Waals surface area contributed by atoms with Crippen LogP contribution in [0.3, 0.4) is 0 Å². The topological polar surface area (TPSA) is 54.0 Å². The van der Waals surface area contributed by atoms with Gasteiger partial charge in [0.05, 0.1) is 11.9 Å². The van der Waals surface area contributed by atoms with Gasteiger partial charge in [-0.25, -0.2) is 4.98 Å². The summed E-state index contributed by atoms with van der Waals surface area (Å²) in [5.41, 5.74) is 2.27. The smallest absolute Gasteiger partial charge is 0.270 e. The largest absolute Gasteiger partial charge is 0.354 e. The molecule has 0 saturated heterocycles. The number of nitrogens with zero attached hydrogens (tertiary/aromatic N) is 1. The zero-order chi connectivity index (χ0) is 13.7. The van der Waals surface area contributed by atoms with Gasteiger partial charge in [-0.2, -0.15) is 0 Å². The van der Waals surface area contributed by atoms with Crippen molar-refractivity contribution in [3.8, 4) is 0 Å². The van der Waals surface area contributed by atoms with Gasteiger partial charge in [0, 0.05) is 11.7 Å². The third kappa shape index (κ3) is 3.81. The summed E-state index contributed by atoms with van der Waals surface area (Å²) in [5.74, 6) is -0.152. The maximum atomic E-state index is 11.7. The van der Waals surface area contributed by atoms with Crippen LogP contribution in [0, 0.1) is 0 Å². The van der Waals surface area contributed by atoms with E-state index >= 15 is 0 Å². The minimum absolute atomic E-state index is 0.108. The molecule has 1 heterocycles. The van der Waals surface area contributed by atoms with E-state index in [2.05, 4.69) is 15.6 Å². The van der Waals surface area contributed by atoms with Crippen LogP contribution in [0.2, 0.25) is 0 Å². The second-order valence-electron chi connectivity index (χ2n) is 4.55. The van der Waals surface area contributed by atoms with Gasteiger partial charge >= 0.3 is 0 Å². The zero-order valence-electron chi connectivity index (χ0n) is 11.1. The number of para-hydroxylation sites is 1. The highest BCUT2D eigenvalue weighted by Gasteiger charge is 2.07. The van der Waals surface area contributed by atoms with Gasteiger partial charge < -0.3 is 10.6 Å². The maximum Gasteiger partial charge on any atom is 0.270 e. The number of anilines is 2. The Hall–Kier alpha value is -2.36. The Morgan fingerprint density at radius 3 is 2.37 bits per heavy atom. The molecule has 0 aliphatic rings. The van der Waals surface area contributed by atoms with Gasteiger partial charge in [0.1, 0.15) is 5.69 Å². The first-order valence-corrected chi connectivity index (χ1v) is 6.24. The first-order chi connectivity index (χ1) is 9.15. The molecule has 0 spiro atoms. The Kier molecular flexibility index (Phi) is 4.13. The molecule has 0 radical (unpaired) electrons. The molecule has 2 aromatic rings. The van der Waals surface area contributed by atoms with Crippen LogP contribution in [0.15, 0.2) is 48.7 Å². The number of hydrogen-bond donors (Lipinski definition) is 2. The van der Waals surface area contributed by atoms with E-state index in [1.54, 1.807) is 12.3 Å². The fraction of sp³-hybridized carbons (Fsp3) is 0.200. The number of rotatable bonds is 4. The third-order valence-corrected chi connectivity index (χ3v) is 2.48. The Balaban J connectivity index is 2.04. The summed E-state index contributed by atoms with van der Waals surface area (Å²) in [5, 5.41) is 6.02. The van der Waals surface area contributed by atoms with Gasteiger partial charge in [-0.1, -0.05) is 18.2 Å². The number of amides is 1. The van der Waals surface area contributed by atoms with Gasteiger partial charge in [-0.05, 0) is 38.1 Å². The number of aromatic nitrogens is 1. The summed E-state index contributed by atoms with van der Waals surface area (Å²) in [7, 11) is 0. The van der Waals surface area contributed by atoms with Crippen molar-refractivity contribution in [1.82, 2.24) is 10.3 Å². The van der Waals surface area contributed by atoms with Gasteiger partial charge in [0.15, 0.2) is 0 Å². The lowest BCUT2D eigenvalue weighted by molar-refractivity contribution is 0.0938. The van der Waals surface area contributed by atoms with Crippen molar-refractivity contribution in [2.24, 2.45) is 0 Å². The minimum Gasteiger partial charge on any atom is -0.354 e. The summed E-state index contributed by atoms with van der Waals surface area (Å²) in [6.07, 6.45) is 1.66. The Morgan fingerprint density at radius 1 is 1.05 bits per heavy atom. The highest BCUT2D eigenvalue weighted by atomic mass is 16.1. The van der Waals surface area contributed by atoms with Gasteiger partial charge in [0.25, 0.3) is 5.91 Å². The monoisotopic (exact) mass is 255 g/mol. The lowest BCUT2D eigenvalue weighted by Gasteiger charge is -2.09. The van der Waals surface area contributed by atoms with Gasteiger partial charge in [-0.3, -0.25) is 4.79 Å². The molecule has 0 saturated carbocycles. The summed E-state index contributed by atoms with van der Waals surface area (Å²) in [6, 6.07) is 13.5. The third-order valence-electron chi connectivity index (χ3n) is 2.48. The van der Waals surface area contributed by atoms with E-state index in [0.29, 0.717) is 5.69 Å². The normalized spacial score (nSPS) is 10.3. The Labute approximate surface area is 112 Å². The molecule has 98 valence electrons. The van der Waals surface area contributed by atoms with Crippen molar-refractivity contribution in [1.29, 1.82) is 0 Å². The predicted octanol–water partition coefficient (Wildman–Crippen LogP) is 2.96. The molecular formula is C15H17N3O. The standard InChI is InChI=1S/C15H17N3O/c1-11(2)17-15(19)14-9-8-13(10-16-14)18-12-6-4-3-5-7-12/h3-11,18H,1-2H3,(H,17,19). The minimum atomic E-state index is -0.152. The number of benzene rings is 1. The molecule has 1 aromatic heterocycles. The van der Waals surface area contributed by atoms with Crippen LogP contribution in [0.25, 0.3) is 0 Å². The molecular weight excluding hydrogens is 238 g/mol. The molecule has 0 bridgehead atoms. The molecule has 2 rings (SSSR count). The van der Waals surface area contributed by atoms with Crippen LogP contribution in [0.1, 0.15) is 24.3 Å². The molecule has 1 aromatic carbocycles. The van der Waals surface area contributed by atoms with Crippen LogP contribution < -0.4 is 10.6 Å². The molecule has 1 amide bonds. The SMILES string of the molecule is CC(C)NC(=O)c1ccc(Nc2ccccc2)cn1. The number of carbonyl (C=O) groups is 1. The molecule has 0 atom stereocenters. The van der Waals surface area contributed by atoms with Gasteiger partial charge in [0.2, 0.25) is 0 Å². The van der Waals surface area contributed by atoms with E-state index in [0.717, 1.165) is 11.4 Å².